The number of rotatable bonds is 4. The third-order valence-electron chi connectivity index (χ3n) is 5.02. The fourth-order valence-corrected chi connectivity index (χ4v) is 3.68. The number of aromatic nitrogens is 3. The Labute approximate surface area is 147 Å². The van der Waals surface area contributed by atoms with Crippen LogP contribution in [0.3, 0.4) is 0 Å². The number of fused-ring (bicyclic) bond motifs is 1. The van der Waals surface area contributed by atoms with Crippen LogP contribution in [0, 0.1) is 0 Å². The van der Waals surface area contributed by atoms with Gasteiger partial charge in [-0.05, 0) is 48.9 Å². The molecule has 6 heteroatoms. The van der Waals surface area contributed by atoms with Gasteiger partial charge in [-0.2, -0.15) is 5.10 Å². The summed E-state index contributed by atoms with van der Waals surface area (Å²) >= 11 is 0. The fourth-order valence-electron chi connectivity index (χ4n) is 3.68. The van der Waals surface area contributed by atoms with Crippen molar-refractivity contribution in [3.63, 3.8) is 0 Å². The molecule has 2 aliphatic rings. The van der Waals surface area contributed by atoms with Gasteiger partial charge in [0.15, 0.2) is 5.82 Å². The molecule has 1 aliphatic heterocycles. The number of nitrogens with one attached hydrogen (secondary N) is 1. The minimum atomic E-state index is -0.256. The second-order valence-corrected chi connectivity index (χ2v) is 6.84. The molecule has 132 valence electrons. The maximum atomic E-state index is 12.9. The lowest BCUT2D eigenvalue weighted by atomic mass is 10.1. The van der Waals surface area contributed by atoms with E-state index in [0.29, 0.717) is 25.5 Å². The number of hydrogen-bond acceptors (Lipinski definition) is 4. The molecule has 1 N–H and O–H groups in total. The zero-order valence-electron chi connectivity index (χ0n) is 14.6. The summed E-state index contributed by atoms with van der Waals surface area (Å²) in [7, 11) is 0. The monoisotopic (exact) mass is 340 g/mol. The minimum Gasteiger partial charge on any atom is -0.366 e. The van der Waals surface area contributed by atoms with Crippen molar-refractivity contribution in [2.45, 2.75) is 45.1 Å². The Kier molecular flexibility index (Phi) is 4.53. The lowest BCUT2D eigenvalue weighted by Gasteiger charge is -2.31. The SMILES string of the molecule is CCCc1nc(C2CN(C(=O)c3ccc4c(c3)CCC4)CCO2)n[nH]1. The number of ether oxygens (including phenoxy) is 1. The Balaban J connectivity index is 1.47. The van der Waals surface area contributed by atoms with E-state index in [4.69, 9.17) is 4.74 Å². The van der Waals surface area contributed by atoms with Crippen LogP contribution >= 0.6 is 0 Å². The largest absolute Gasteiger partial charge is 0.366 e. The molecule has 6 nitrogen and oxygen atoms in total. The van der Waals surface area contributed by atoms with Gasteiger partial charge in [-0.3, -0.25) is 9.89 Å². The summed E-state index contributed by atoms with van der Waals surface area (Å²) in [5, 5.41) is 7.24. The molecule has 0 radical (unpaired) electrons. The number of H-pyrrole nitrogens is 1. The first-order chi connectivity index (χ1) is 12.2. The van der Waals surface area contributed by atoms with Crippen LogP contribution in [0.25, 0.3) is 0 Å². The highest BCUT2D eigenvalue weighted by atomic mass is 16.5. The van der Waals surface area contributed by atoms with Gasteiger partial charge in [-0.15, -0.1) is 0 Å². The summed E-state index contributed by atoms with van der Waals surface area (Å²) in [6.07, 6.45) is 5.04. The highest BCUT2D eigenvalue weighted by Crippen LogP contribution is 2.25. The van der Waals surface area contributed by atoms with Crippen molar-refractivity contribution in [1.29, 1.82) is 0 Å². The number of carbonyl (C=O) groups is 1. The van der Waals surface area contributed by atoms with Crippen LogP contribution in [0.1, 0.15) is 59.0 Å². The molecule has 0 spiro atoms. The van der Waals surface area contributed by atoms with Crippen LogP contribution in [-0.4, -0.2) is 45.7 Å². The quantitative estimate of drug-likeness (QED) is 0.928. The van der Waals surface area contributed by atoms with Gasteiger partial charge in [0.1, 0.15) is 11.9 Å². The summed E-state index contributed by atoms with van der Waals surface area (Å²) in [5.74, 6) is 1.60. The van der Waals surface area contributed by atoms with E-state index in [-0.39, 0.29) is 12.0 Å². The second kappa shape index (κ2) is 6.96. The van der Waals surface area contributed by atoms with E-state index in [0.717, 1.165) is 37.1 Å². The zero-order valence-corrected chi connectivity index (χ0v) is 14.6. The number of hydrogen-bond donors (Lipinski definition) is 1. The molecule has 2 heterocycles. The van der Waals surface area contributed by atoms with Gasteiger partial charge in [0, 0.05) is 18.5 Å². The van der Waals surface area contributed by atoms with Gasteiger partial charge in [0.05, 0.1) is 13.2 Å². The third kappa shape index (κ3) is 3.31. The second-order valence-electron chi connectivity index (χ2n) is 6.84. The summed E-state index contributed by atoms with van der Waals surface area (Å²) in [5.41, 5.74) is 3.50. The summed E-state index contributed by atoms with van der Waals surface area (Å²) < 4.78 is 5.81. The average Bonchev–Trinajstić information content (AvgIpc) is 3.30. The number of benzene rings is 1. The predicted molar refractivity (Wildman–Crippen MR) is 93.4 cm³/mol. The first kappa shape index (κ1) is 16.3. The van der Waals surface area contributed by atoms with Crippen molar-refractivity contribution < 1.29 is 9.53 Å². The molecular formula is C19H24N4O2. The number of aromatic amines is 1. The summed E-state index contributed by atoms with van der Waals surface area (Å²) in [6, 6.07) is 6.14. The zero-order chi connectivity index (χ0) is 17.2. The van der Waals surface area contributed by atoms with Gasteiger partial charge in [-0.1, -0.05) is 13.0 Å². The molecule has 1 saturated heterocycles. The summed E-state index contributed by atoms with van der Waals surface area (Å²) in [6.45, 7) is 3.73. The van der Waals surface area contributed by atoms with Crippen molar-refractivity contribution in [2.24, 2.45) is 0 Å². The van der Waals surface area contributed by atoms with Gasteiger partial charge < -0.3 is 9.64 Å². The number of carbonyl (C=O) groups excluding carboxylic acids is 1. The Morgan fingerprint density at radius 1 is 1.36 bits per heavy atom. The van der Waals surface area contributed by atoms with Crippen LogP contribution in [0.15, 0.2) is 18.2 Å². The Bertz CT molecular complexity index is 771. The first-order valence-electron chi connectivity index (χ1n) is 9.18. The highest BCUT2D eigenvalue weighted by Gasteiger charge is 2.29. The van der Waals surface area contributed by atoms with Crippen LogP contribution in [-0.2, 0) is 24.0 Å². The van der Waals surface area contributed by atoms with Crippen molar-refractivity contribution >= 4 is 5.91 Å². The Morgan fingerprint density at radius 3 is 3.12 bits per heavy atom. The number of nitrogens with zero attached hydrogens (tertiary/aromatic N) is 3. The lowest BCUT2D eigenvalue weighted by molar-refractivity contribution is -0.0266. The lowest BCUT2D eigenvalue weighted by Crippen LogP contribution is -2.42. The maximum Gasteiger partial charge on any atom is 0.254 e. The fraction of sp³-hybridized carbons (Fsp3) is 0.526. The number of morpholine rings is 1. The average molecular weight is 340 g/mol. The smallest absolute Gasteiger partial charge is 0.254 e. The predicted octanol–water partition coefficient (Wildman–Crippen LogP) is 2.46. The number of aryl methyl sites for hydroxylation is 3. The third-order valence-corrected chi connectivity index (χ3v) is 5.02. The van der Waals surface area contributed by atoms with Crippen LogP contribution in [0.4, 0.5) is 0 Å². The van der Waals surface area contributed by atoms with Crippen LogP contribution < -0.4 is 0 Å². The van der Waals surface area contributed by atoms with E-state index < -0.39 is 0 Å². The Hall–Kier alpha value is -2.21. The van der Waals surface area contributed by atoms with Gasteiger partial charge >= 0.3 is 0 Å². The summed E-state index contributed by atoms with van der Waals surface area (Å²) in [4.78, 5) is 19.3. The van der Waals surface area contributed by atoms with E-state index in [1.54, 1.807) is 0 Å². The first-order valence-corrected chi connectivity index (χ1v) is 9.18. The van der Waals surface area contributed by atoms with E-state index in [2.05, 4.69) is 34.2 Å². The van der Waals surface area contributed by atoms with Gasteiger partial charge in [0.25, 0.3) is 5.91 Å². The normalized spacial score (nSPS) is 19.9. The molecule has 1 aromatic heterocycles. The van der Waals surface area contributed by atoms with E-state index >= 15 is 0 Å². The minimum absolute atomic E-state index is 0.0762. The Morgan fingerprint density at radius 2 is 2.24 bits per heavy atom. The molecule has 1 unspecified atom stereocenters. The molecule has 1 aliphatic carbocycles. The van der Waals surface area contributed by atoms with E-state index in [1.165, 1.54) is 17.5 Å². The molecule has 1 amide bonds. The molecule has 1 fully saturated rings. The molecule has 25 heavy (non-hydrogen) atoms. The van der Waals surface area contributed by atoms with Gasteiger partial charge in [-0.25, -0.2) is 4.98 Å². The molecule has 0 saturated carbocycles. The van der Waals surface area contributed by atoms with Crippen molar-refractivity contribution in [3.8, 4) is 0 Å². The maximum absolute atomic E-state index is 12.9. The topological polar surface area (TPSA) is 71.1 Å². The highest BCUT2D eigenvalue weighted by molar-refractivity contribution is 5.94. The molecule has 1 atom stereocenters. The molecule has 1 aromatic carbocycles. The molecule has 0 bridgehead atoms. The van der Waals surface area contributed by atoms with Crippen molar-refractivity contribution in [3.05, 3.63) is 46.5 Å². The standard InChI is InChI=1S/C19H24N4O2/c1-2-4-17-20-18(22-21-17)16-12-23(9-10-25-16)19(24)15-8-7-13-5-3-6-14(13)11-15/h7-8,11,16H,2-6,9-10,12H2,1H3,(H,20,21,22). The van der Waals surface area contributed by atoms with Crippen molar-refractivity contribution in [2.75, 3.05) is 19.7 Å². The molecule has 4 rings (SSSR count). The molecule has 2 aromatic rings. The van der Waals surface area contributed by atoms with E-state index in [9.17, 15) is 4.79 Å². The molecular weight excluding hydrogens is 316 g/mol. The van der Waals surface area contributed by atoms with Gasteiger partial charge in [0.2, 0.25) is 0 Å². The number of amides is 1. The van der Waals surface area contributed by atoms with Crippen LogP contribution in [0.5, 0.6) is 0 Å². The van der Waals surface area contributed by atoms with Crippen LogP contribution in [0.2, 0.25) is 0 Å². The van der Waals surface area contributed by atoms with Crippen molar-refractivity contribution in [1.82, 2.24) is 20.1 Å². The van der Waals surface area contributed by atoms with E-state index in [1.807, 2.05) is 11.0 Å².